The van der Waals surface area contributed by atoms with E-state index < -0.39 is 12.1 Å². The molecule has 1 aliphatic carbocycles. The lowest BCUT2D eigenvalue weighted by Crippen LogP contribution is -2.35. The van der Waals surface area contributed by atoms with Crippen LogP contribution in [0.5, 0.6) is 0 Å². The zero-order valence-corrected chi connectivity index (χ0v) is 7.49. The molecule has 0 saturated heterocycles. The van der Waals surface area contributed by atoms with Gasteiger partial charge in [0.1, 0.15) is 0 Å². The highest BCUT2D eigenvalue weighted by molar-refractivity contribution is 4.81. The van der Waals surface area contributed by atoms with Crippen LogP contribution in [0, 0.1) is 17.8 Å². The van der Waals surface area contributed by atoms with Crippen LogP contribution in [0.15, 0.2) is 0 Å². The van der Waals surface area contributed by atoms with Gasteiger partial charge in [0.05, 0.1) is 5.92 Å². The minimum Gasteiger partial charge on any atom is -0.171 e. The first-order chi connectivity index (χ1) is 5.43. The van der Waals surface area contributed by atoms with Gasteiger partial charge < -0.3 is 0 Å². The summed E-state index contributed by atoms with van der Waals surface area (Å²) in [5.41, 5.74) is 0. The molecule has 0 N–H and O–H groups in total. The first-order valence-electron chi connectivity index (χ1n) is 4.49. The van der Waals surface area contributed by atoms with Crippen LogP contribution in [0.1, 0.15) is 33.1 Å². The number of rotatable bonds is 0. The van der Waals surface area contributed by atoms with E-state index in [2.05, 4.69) is 0 Å². The van der Waals surface area contributed by atoms with Gasteiger partial charge in [-0.05, 0) is 18.3 Å². The first kappa shape index (κ1) is 9.87. The van der Waals surface area contributed by atoms with Crippen molar-refractivity contribution in [2.45, 2.75) is 39.3 Å². The van der Waals surface area contributed by atoms with Gasteiger partial charge in [0.15, 0.2) is 0 Å². The van der Waals surface area contributed by atoms with E-state index in [1.807, 2.05) is 6.92 Å². The fourth-order valence-electron chi connectivity index (χ4n) is 2.04. The van der Waals surface area contributed by atoms with Crippen LogP contribution in [-0.2, 0) is 0 Å². The van der Waals surface area contributed by atoms with Gasteiger partial charge in [-0.1, -0.05) is 26.7 Å². The topological polar surface area (TPSA) is 0 Å². The number of alkyl halides is 3. The Hall–Kier alpha value is -0.210. The molecule has 0 aromatic heterocycles. The van der Waals surface area contributed by atoms with Gasteiger partial charge in [0, 0.05) is 0 Å². The van der Waals surface area contributed by atoms with Crippen LogP contribution in [0.25, 0.3) is 0 Å². The number of hydrogen-bond acceptors (Lipinski definition) is 0. The Morgan fingerprint density at radius 3 is 2.08 bits per heavy atom. The van der Waals surface area contributed by atoms with E-state index >= 15 is 0 Å². The molecule has 1 saturated carbocycles. The smallest absolute Gasteiger partial charge is 0.171 e. The molecule has 3 heteroatoms. The summed E-state index contributed by atoms with van der Waals surface area (Å²) in [7, 11) is 0. The summed E-state index contributed by atoms with van der Waals surface area (Å²) in [6, 6.07) is 0. The van der Waals surface area contributed by atoms with Gasteiger partial charge in [-0.3, -0.25) is 0 Å². The lowest BCUT2D eigenvalue weighted by molar-refractivity contribution is -0.199. The molecule has 0 amide bonds. The number of halogens is 3. The summed E-state index contributed by atoms with van der Waals surface area (Å²) in [6.07, 6.45) is -1.97. The molecule has 1 unspecified atom stereocenters. The van der Waals surface area contributed by atoms with Crippen molar-refractivity contribution in [3.63, 3.8) is 0 Å². The summed E-state index contributed by atoms with van der Waals surface area (Å²) in [5, 5.41) is 0. The average molecular weight is 180 g/mol. The van der Waals surface area contributed by atoms with Gasteiger partial charge in [0.25, 0.3) is 0 Å². The highest BCUT2D eigenvalue weighted by Crippen LogP contribution is 2.43. The van der Waals surface area contributed by atoms with Crippen molar-refractivity contribution >= 4 is 0 Å². The van der Waals surface area contributed by atoms with Crippen molar-refractivity contribution in [1.29, 1.82) is 0 Å². The normalized spacial score (nSPS) is 38.2. The SMILES string of the molecule is C[C@@H]1CCCC(C(F)(F)F)[C@@H]1C. The second-order valence-electron chi connectivity index (χ2n) is 3.92. The molecule has 1 fully saturated rings. The van der Waals surface area contributed by atoms with E-state index in [9.17, 15) is 13.2 Å². The molecule has 0 aliphatic heterocycles. The molecule has 0 nitrogen and oxygen atoms in total. The van der Waals surface area contributed by atoms with Crippen LogP contribution >= 0.6 is 0 Å². The standard InChI is InChI=1S/C9H15F3/c1-6-4-3-5-8(7(6)2)9(10,11)12/h6-8H,3-5H2,1-2H3/t6-,7-,8?/m1/s1. The summed E-state index contributed by atoms with van der Waals surface area (Å²) in [6.45, 7) is 3.64. The van der Waals surface area contributed by atoms with Crippen LogP contribution in [0.2, 0.25) is 0 Å². The molecule has 0 aromatic rings. The van der Waals surface area contributed by atoms with Crippen molar-refractivity contribution in [2.24, 2.45) is 17.8 Å². The Morgan fingerprint density at radius 1 is 1.08 bits per heavy atom. The Kier molecular flexibility index (Phi) is 2.69. The van der Waals surface area contributed by atoms with Gasteiger partial charge in [-0.15, -0.1) is 0 Å². The van der Waals surface area contributed by atoms with Gasteiger partial charge in [0.2, 0.25) is 0 Å². The van der Waals surface area contributed by atoms with Crippen molar-refractivity contribution in [1.82, 2.24) is 0 Å². The van der Waals surface area contributed by atoms with E-state index in [1.165, 1.54) is 0 Å². The molecule has 1 rings (SSSR count). The maximum absolute atomic E-state index is 12.4. The van der Waals surface area contributed by atoms with Crippen LogP contribution in [0.4, 0.5) is 13.2 Å². The van der Waals surface area contributed by atoms with Crippen LogP contribution in [-0.4, -0.2) is 6.18 Å². The Balaban J connectivity index is 2.64. The number of hydrogen-bond donors (Lipinski definition) is 0. The molecule has 3 atom stereocenters. The van der Waals surface area contributed by atoms with Crippen molar-refractivity contribution in [3.05, 3.63) is 0 Å². The zero-order valence-electron chi connectivity index (χ0n) is 7.49. The van der Waals surface area contributed by atoms with E-state index in [0.717, 1.165) is 12.8 Å². The monoisotopic (exact) mass is 180 g/mol. The fourth-order valence-corrected chi connectivity index (χ4v) is 2.04. The third-order valence-electron chi connectivity index (χ3n) is 3.13. The summed E-state index contributed by atoms with van der Waals surface area (Å²) >= 11 is 0. The third kappa shape index (κ3) is 1.93. The summed E-state index contributed by atoms with van der Waals surface area (Å²) < 4.78 is 37.1. The first-order valence-corrected chi connectivity index (χ1v) is 4.49. The van der Waals surface area contributed by atoms with Gasteiger partial charge in [-0.2, -0.15) is 13.2 Å². The minimum atomic E-state index is -3.98. The Morgan fingerprint density at radius 2 is 1.67 bits per heavy atom. The van der Waals surface area contributed by atoms with Crippen LogP contribution in [0.3, 0.4) is 0 Å². The predicted molar refractivity (Wildman–Crippen MR) is 41.7 cm³/mol. The van der Waals surface area contributed by atoms with E-state index in [1.54, 1.807) is 6.92 Å². The zero-order chi connectivity index (χ0) is 9.35. The highest BCUT2D eigenvalue weighted by Gasteiger charge is 2.45. The van der Waals surface area contributed by atoms with E-state index in [4.69, 9.17) is 0 Å². The van der Waals surface area contributed by atoms with Crippen LogP contribution < -0.4 is 0 Å². The average Bonchev–Trinajstić information content (AvgIpc) is 1.92. The van der Waals surface area contributed by atoms with E-state index in [-0.39, 0.29) is 11.8 Å². The maximum atomic E-state index is 12.4. The molecule has 72 valence electrons. The molecular weight excluding hydrogens is 165 g/mol. The van der Waals surface area contributed by atoms with Crippen molar-refractivity contribution < 1.29 is 13.2 Å². The molecule has 0 aromatic carbocycles. The second kappa shape index (κ2) is 3.27. The molecular formula is C9H15F3. The third-order valence-corrected chi connectivity index (χ3v) is 3.13. The molecule has 0 heterocycles. The summed E-state index contributed by atoms with van der Waals surface area (Å²) in [5.74, 6) is -1.02. The van der Waals surface area contributed by atoms with Gasteiger partial charge >= 0.3 is 6.18 Å². The second-order valence-corrected chi connectivity index (χ2v) is 3.92. The molecule has 0 bridgehead atoms. The van der Waals surface area contributed by atoms with Crippen molar-refractivity contribution in [2.75, 3.05) is 0 Å². The maximum Gasteiger partial charge on any atom is 0.392 e. The molecule has 12 heavy (non-hydrogen) atoms. The van der Waals surface area contributed by atoms with E-state index in [0.29, 0.717) is 6.42 Å². The largest absolute Gasteiger partial charge is 0.392 e. The molecule has 0 spiro atoms. The molecule has 0 radical (unpaired) electrons. The minimum absolute atomic E-state index is 0.196. The Bertz CT molecular complexity index is 150. The Labute approximate surface area is 71.1 Å². The van der Waals surface area contributed by atoms with Crippen molar-refractivity contribution in [3.8, 4) is 0 Å². The quantitative estimate of drug-likeness (QED) is 0.534. The predicted octanol–water partition coefficient (Wildman–Crippen LogP) is 3.62. The lowest BCUT2D eigenvalue weighted by Gasteiger charge is -2.35. The highest BCUT2D eigenvalue weighted by atomic mass is 19.4. The van der Waals surface area contributed by atoms with Gasteiger partial charge in [-0.25, -0.2) is 0 Å². The lowest BCUT2D eigenvalue weighted by atomic mass is 9.73. The fraction of sp³-hybridized carbons (Fsp3) is 1.00. The molecule has 1 aliphatic rings. The summed E-state index contributed by atoms with van der Waals surface area (Å²) in [4.78, 5) is 0.